The Morgan fingerprint density at radius 2 is 2.33 bits per heavy atom. The van der Waals surface area contributed by atoms with E-state index in [-0.39, 0.29) is 5.56 Å². The van der Waals surface area contributed by atoms with Crippen molar-refractivity contribution in [2.45, 2.75) is 13.5 Å². The molecule has 3 heteroatoms. The molecule has 12 heavy (non-hydrogen) atoms. The molecule has 0 saturated heterocycles. The maximum absolute atomic E-state index is 11.2. The highest BCUT2D eigenvalue weighted by Gasteiger charge is 2.00. The first-order valence-corrected chi connectivity index (χ1v) is 4.54. The van der Waals surface area contributed by atoms with Gasteiger partial charge in [0, 0.05) is 15.3 Å². The Hall–Kier alpha value is -0.760. The van der Waals surface area contributed by atoms with Crippen LogP contribution in [0.15, 0.2) is 16.9 Å². The lowest BCUT2D eigenvalue weighted by Crippen LogP contribution is -2.21. The van der Waals surface area contributed by atoms with Crippen LogP contribution in [0.25, 0.3) is 0 Å². The second kappa shape index (κ2) is 3.76. The summed E-state index contributed by atoms with van der Waals surface area (Å²) in [6, 6.07) is 3.33. The summed E-state index contributed by atoms with van der Waals surface area (Å²) in [6.45, 7) is 2.24. The molecule has 0 unspecified atom stereocenters. The third-order valence-electron chi connectivity index (χ3n) is 1.64. The average molecular weight is 273 g/mol. The van der Waals surface area contributed by atoms with Crippen LogP contribution in [-0.4, -0.2) is 4.57 Å². The van der Waals surface area contributed by atoms with Crippen molar-refractivity contribution in [3.05, 3.63) is 31.8 Å². The van der Waals surface area contributed by atoms with Gasteiger partial charge in [-0.1, -0.05) is 5.92 Å². The van der Waals surface area contributed by atoms with Crippen molar-refractivity contribution in [1.82, 2.24) is 4.57 Å². The summed E-state index contributed by atoms with van der Waals surface area (Å²) in [5.41, 5.74) is 0.895. The van der Waals surface area contributed by atoms with Crippen molar-refractivity contribution in [2.24, 2.45) is 0 Å². The number of nitrogens with zero attached hydrogens (tertiary/aromatic N) is 1. The van der Waals surface area contributed by atoms with Gasteiger partial charge in [-0.25, -0.2) is 0 Å². The third-order valence-corrected chi connectivity index (χ3v) is 2.78. The van der Waals surface area contributed by atoms with Crippen molar-refractivity contribution >= 4 is 22.6 Å². The van der Waals surface area contributed by atoms with Gasteiger partial charge < -0.3 is 4.57 Å². The minimum atomic E-state index is -0.0362. The number of rotatable bonds is 1. The summed E-state index contributed by atoms with van der Waals surface area (Å²) in [5.74, 6) is 2.45. The molecule has 0 spiro atoms. The van der Waals surface area contributed by atoms with Crippen LogP contribution in [0.4, 0.5) is 0 Å². The molecule has 0 aromatic carbocycles. The molecule has 1 aromatic heterocycles. The second-order valence-corrected chi connectivity index (χ2v) is 3.56. The van der Waals surface area contributed by atoms with Crippen molar-refractivity contribution in [3.63, 3.8) is 0 Å². The van der Waals surface area contributed by atoms with E-state index in [1.54, 1.807) is 10.6 Å². The smallest absolute Gasteiger partial charge is 0.251 e. The molecule has 0 radical (unpaired) electrons. The van der Waals surface area contributed by atoms with Crippen LogP contribution in [0.5, 0.6) is 0 Å². The van der Waals surface area contributed by atoms with E-state index >= 15 is 0 Å². The Kier molecular flexibility index (Phi) is 2.93. The van der Waals surface area contributed by atoms with E-state index in [0.29, 0.717) is 6.54 Å². The Labute approximate surface area is 84.7 Å². The minimum Gasteiger partial charge on any atom is -0.300 e. The quantitative estimate of drug-likeness (QED) is 0.560. The molecule has 0 fully saturated rings. The van der Waals surface area contributed by atoms with Gasteiger partial charge in [0.25, 0.3) is 5.56 Å². The summed E-state index contributed by atoms with van der Waals surface area (Å²) < 4.78 is 2.64. The Bertz CT molecular complexity index is 386. The van der Waals surface area contributed by atoms with Crippen LogP contribution in [0.2, 0.25) is 0 Å². The van der Waals surface area contributed by atoms with Crippen LogP contribution < -0.4 is 5.56 Å². The topological polar surface area (TPSA) is 22.0 Å². The molecular formula is C9H8INO. The SMILES string of the molecule is C#CCn1c(C)c(I)ccc1=O. The van der Waals surface area contributed by atoms with Gasteiger partial charge >= 0.3 is 0 Å². The fourth-order valence-electron chi connectivity index (χ4n) is 0.937. The monoisotopic (exact) mass is 273 g/mol. The van der Waals surface area contributed by atoms with Gasteiger partial charge in [0.1, 0.15) is 0 Å². The van der Waals surface area contributed by atoms with E-state index in [1.807, 2.05) is 6.92 Å². The Balaban J connectivity index is 3.35. The first-order valence-electron chi connectivity index (χ1n) is 3.46. The lowest BCUT2D eigenvalue weighted by atomic mass is 10.3. The minimum absolute atomic E-state index is 0.0362. The van der Waals surface area contributed by atoms with E-state index in [2.05, 4.69) is 28.5 Å². The van der Waals surface area contributed by atoms with Crippen molar-refractivity contribution in [3.8, 4) is 12.3 Å². The molecule has 0 aliphatic heterocycles. The maximum atomic E-state index is 11.2. The van der Waals surface area contributed by atoms with Crippen LogP contribution in [-0.2, 0) is 6.54 Å². The molecule has 2 nitrogen and oxygen atoms in total. The van der Waals surface area contributed by atoms with E-state index < -0.39 is 0 Å². The summed E-state index contributed by atoms with van der Waals surface area (Å²) >= 11 is 2.18. The van der Waals surface area contributed by atoms with E-state index in [1.165, 1.54) is 6.07 Å². The van der Waals surface area contributed by atoms with Crippen molar-refractivity contribution in [2.75, 3.05) is 0 Å². The first-order chi connectivity index (χ1) is 5.66. The van der Waals surface area contributed by atoms with Gasteiger partial charge in [0.15, 0.2) is 0 Å². The molecule has 0 saturated carbocycles. The molecular weight excluding hydrogens is 265 g/mol. The highest BCUT2D eigenvalue weighted by molar-refractivity contribution is 14.1. The van der Waals surface area contributed by atoms with Gasteiger partial charge in [0.2, 0.25) is 0 Å². The predicted octanol–water partition coefficient (Wildman–Crippen LogP) is 1.39. The third kappa shape index (κ3) is 1.69. The zero-order valence-corrected chi connectivity index (χ0v) is 8.83. The maximum Gasteiger partial charge on any atom is 0.251 e. The number of halogens is 1. The zero-order valence-electron chi connectivity index (χ0n) is 6.67. The van der Waals surface area contributed by atoms with Gasteiger partial charge in [-0.2, -0.15) is 0 Å². The lowest BCUT2D eigenvalue weighted by Gasteiger charge is -2.06. The molecule has 0 aliphatic carbocycles. The van der Waals surface area contributed by atoms with Crippen LogP contribution in [0, 0.1) is 22.8 Å². The predicted molar refractivity (Wildman–Crippen MR) is 57.0 cm³/mol. The van der Waals surface area contributed by atoms with Gasteiger partial charge in [-0.15, -0.1) is 6.42 Å². The van der Waals surface area contributed by atoms with Crippen LogP contribution in [0.3, 0.4) is 0 Å². The summed E-state index contributed by atoms with van der Waals surface area (Å²) in [6.07, 6.45) is 5.14. The molecule has 0 atom stereocenters. The van der Waals surface area contributed by atoms with E-state index in [4.69, 9.17) is 6.42 Å². The highest BCUT2D eigenvalue weighted by atomic mass is 127. The molecule has 0 bridgehead atoms. The summed E-state index contributed by atoms with van der Waals surface area (Å²) in [5, 5.41) is 0. The van der Waals surface area contributed by atoms with E-state index in [0.717, 1.165) is 9.26 Å². The molecule has 0 aliphatic rings. The van der Waals surface area contributed by atoms with Crippen LogP contribution in [0.1, 0.15) is 5.69 Å². The molecule has 1 aromatic rings. The number of hydrogen-bond donors (Lipinski definition) is 0. The molecule has 1 rings (SSSR count). The lowest BCUT2D eigenvalue weighted by molar-refractivity contribution is 0.757. The Morgan fingerprint density at radius 3 is 2.92 bits per heavy atom. The summed E-state index contributed by atoms with van der Waals surface area (Å²) in [4.78, 5) is 11.2. The standard InChI is InChI=1S/C9H8INO/c1-3-6-11-7(2)8(10)4-5-9(11)12/h1,4-5H,6H2,2H3. The van der Waals surface area contributed by atoms with E-state index in [9.17, 15) is 4.79 Å². The highest BCUT2D eigenvalue weighted by Crippen LogP contribution is 2.07. The molecule has 0 amide bonds. The molecule has 1 heterocycles. The fourth-order valence-corrected chi connectivity index (χ4v) is 1.41. The van der Waals surface area contributed by atoms with Crippen molar-refractivity contribution < 1.29 is 0 Å². The largest absolute Gasteiger partial charge is 0.300 e. The van der Waals surface area contributed by atoms with Gasteiger partial charge in [-0.3, -0.25) is 4.79 Å². The van der Waals surface area contributed by atoms with Gasteiger partial charge in [0.05, 0.1) is 6.54 Å². The fraction of sp³-hybridized carbons (Fsp3) is 0.222. The second-order valence-electron chi connectivity index (χ2n) is 2.40. The first kappa shape index (κ1) is 9.33. The Morgan fingerprint density at radius 1 is 1.67 bits per heavy atom. The van der Waals surface area contributed by atoms with Crippen molar-refractivity contribution in [1.29, 1.82) is 0 Å². The number of aromatic nitrogens is 1. The summed E-state index contributed by atoms with van der Waals surface area (Å²) in [7, 11) is 0. The number of hydrogen-bond acceptors (Lipinski definition) is 1. The normalized spacial score (nSPS) is 9.42. The number of terminal acetylenes is 1. The van der Waals surface area contributed by atoms with Crippen LogP contribution >= 0.6 is 22.6 Å². The van der Waals surface area contributed by atoms with Gasteiger partial charge in [-0.05, 0) is 35.6 Å². The molecule has 62 valence electrons. The number of pyridine rings is 1. The zero-order chi connectivity index (χ0) is 9.14. The molecule has 0 N–H and O–H groups in total. The average Bonchev–Trinajstić information content (AvgIpc) is 2.06.